The molecule has 4 heteroatoms. The Kier molecular flexibility index (Phi) is 5.41. The second-order valence-electron chi connectivity index (χ2n) is 4.22. The maximum absolute atomic E-state index is 9.18. The van der Waals surface area contributed by atoms with Gasteiger partial charge in [0.15, 0.2) is 0 Å². The van der Waals surface area contributed by atoms with E-state index in [0.717, 1.165) is 11.3 Å². The van der Waals surface area contributed by atoms with Crippen LogP contribution in [0.3, 0.4) is 0 Å². The lowest BCUT2D eigenvalue weighted by Gasteiger charge is -2.31. The standard InChI is InChI=1S/C13H22N2O2/c1-10(9-16)15(2)13(8-14)11-4-6-12(17-3)7-5-11/h4-7,10,13,16H,8-9,14H2,1-3H3. The molecule has 0 aromatic heterocycles. The van der Waals surface area contributed by atoms with Crippen molar-refractivity contribution in [1.29, 1.82) is 0 Å². The van der Waals surface area contributed by atoms with E-state index in [9.17, 15) is 5.11 Å². The minimum atomic E-state index is 0.0886. The van der Waals surface area contributed by atoms with Crippen LogP contribution >= 0.6 is 0 Å². The molecule has 2 unspecified atom stereocenters. The number of hydrogen-bond acceptors (Lipinski definition) is 4. The Bertz CT molecular complexity index is 327. The first-order valence-electron chi connectivity index (χ1n) is 5.80. The Balaban J connectivity index is 2.85. The molecular weight excluding hydrogens is 216 g/mol. The third-order valence-corrected chi connectivity index (χ3v) is 3.17. The van der Waals surface area contributed by atoms with Crippen LogP contribution in [0.5, 0.6) is 5.75 Å². The fraction of sp³-hybridized carbons (Fsp3) is 0.538. The van der Waals surface area contributed by atoms with E-state index in [1.54, 1.807) is 7.11 Å². The molecule has 0 saturated heterocycles. The van der Waals surface area contributed by atoms with Gasteiger partial charge in [-0.2, -0.15) is 0 Å². The van der Waals surface area contributed by atoms with Gasteiger partial charge in [-0.1, -0.05) is 12.1 Å². The van der Waals surface area contributed by atoms with Crippen molar-refractivity contribution in [1.82, 2.24) is 4.90 Å². The molecule has 1 rings (SSSR count). The van der Waals surface area contributed by atoms with Gasteiger partial charge in [0.05, 0.1) is 13.7 Å². The van der Waals surface area contributed by atoms with Crippen molar-refractivity contribution in [3.8, 4) is 5.75 Å². The van der Waals surface area contributed by atoms with E-state index >= 15 is 0 Å². The number of nitrogens with two attached hydrogens (primary N) is 1. The molecule has 96 valence electrons. The number of likely N-dealkylation sites (N-methyl/N-ethyl adjacent to an activating group) is 1. The Morgan fingerprint density at radius 3 is 2.35 bits per heavy atom. The van der Waals surface area contributed by atoms with Gasteiger partial charge in [-0.25, -0.2) is 0 Å². The summed E-state index contributed by atoms with van der Waals surface area (Å²) in [5, 5.41) is 9.18. The molecular formula is C13H22N2O2. The summed E-state index contributed by atoms with van der Waals surface area (Å²) >= 11 is 0. The van der Waals surface area contributed by atoms with Crippen LogP contribution < -0.4 is 10.5 Å². The first-order valence-corrected chi connectivity index (χ1v) is 5.80. The number of aliphatic hydroxyl groups is 1. The van der Waals surface area contributed by atoms with Crippen molar-refractivity contribution in [3.63, 3.8) is 0 Å². The topological polar surface area (TPSA) is 58.7 Å². The number of rotatable bonds is 6. The number of ether oxygens (including phenoxy) is 1. The van der Waals surface area contributed by atoms with Gasteiger partial charge in [0, 0.05) is 18.6 Å². The van der Waals surface area contributed by atoms with Crippen molar-refractivity contribution < 1.29 is 9.84 Å². The predicted molar refractivity (Wildman–Crippen MR) is 69.1 cm³/mol. The molecule has 2 atom stereocenters. The number of nitrogens with zero attached hydrogens (tertiary/aromatic N) is 1. The minimum Gasteiger partial charge on any atom is -0.497 e. The van der Waals surface area contributed by atoms with Gasteiger partial charge < -0.3 is 15.6 Å². The van der Waals surface area contributed by atoms with Crippen molar-refractivity contribution in [2.75, 3.05) is 27.3 Å². The van der Waals surface area contributed by atoms with Gasteiger partial charge in [0.1, 0.15) is 5.75 Å². The lowest BCUT2D eigenvalue weighted by Crippen LogP contribution is -2.38. The Hall–Kier alpha value is -1.10. The zero-order chi connectivity index (χ0) is 12.8. The van der Waals surface area contributed by atoms with Crippen LogP contribution in [0.15, 0.2) is 24.3 Å². The van der Waals surface area contributed by atoms with Crippen LogP contribution in [0.1, 0.15) is 18.5 Å². The Labute approximate surface area is 103 Å². The summed E-state index contributed by atoms with van der Waals surface area (Å²) in [6, 6.07) is 8.08. The van der Waals surface area contributed by atoms with Crippen LogP contribution in [0, 0.1) is 0 Å². The van der Waals surface area contributed by atoms with Crippen LogP contribution in [0.4, 0.5) is 0 Å². The fourth-order valence-electron chi connectivity index (χ4n) is 1.80. The Morgan fingerprint density at radius 2 is 1.94 bits per heavy atom. The number of hydrogen-bond donors (Lipinski definition) is 2. The van der Waals surface area contributed by atoms with E-state index in [-0.39, 0.29) is 18.7 Å². The van der Waals surface area contributed by atoms with Gasteiger partial charge in [0.2, 0.25) is 0 Å². The normalized spacial score (nSPS) is 14.7. The highest BCUT2D eigenvalue weighted by Gasteiger charge is 2.19. The van der Waals surface area contributed by atoms with Crippen LogP contribution in [-0.4, -0.2) is 43.4 Å². The zero-order valence-electron chi connectivity index (χ0n) is 10.8. The predicted octanol–water partition coefficient (Wildman–Crippen LogP) is 1.01. The van der Waals surface area contributed by atoms with Gasteiger partial charge in [-0.15, -0.1) is 0 Å². The molecule has 17 heavy (non-hydrogen) atoms. The van der Waals surface area contributed by atoms with Crippen LogP contribution in [-0.2, 0) is 0 Å². The Morgan fingerprint density at radius 1 is 1.35 bits per heavy atom. The SMILES string of the molecule is COc1ccc(C(CN)N(C)C(C)CO)cc1. The summed E-state index contributed by atoms with van der Waals surface area (Å²) < 4.78 is 5.13. The van der Waals surface area contributed by atoms with Gasteiger partial charge in [-0.05, 0) is 31.7 Å². The molecule has 0 saturated carbocycles. The third kappa shape index (κ3) is 3.43. The van der Waals surface area contributed by atoms with E-state index in [2.05, 4.69) is 4.90 Å². The van der Waals surface area contributed by atoms with Crippen molar-refractivity contribution in [2.45, 2.75) is 19.0 Å². The highest BCUT2D eigenvalue weighted by molar-refractivity contribution is 5.29. The second-order valence-corrected chi connectivity index (χ2v) is 4.22. The van der Waals surface area contributed by atoms with Crippen molar-refractivity contribution in [3.05, 3.63) is 29.8 Å². The van der Waals surface area contributed by atoms with E-state index < -0.39 is 0 Å². The van der Waals surface area contributed by atoms with Crippen LogP contribution in [0.25, 0.3) is 0 Å². The van der Waals surface area contributed by atoms with Crippen molar-refractivity contribution >= 4 is 0 Å². The van der Waals surface area contributed by atoms with Gasteiger partial charge in [0.25, 0.3) is 0 Å². The quantitative estimate of drug-likeness (QED) is 0.776. The average Bonchev–Trinajstić information content (AvgIpc) is 2.39. The zero-order valence-corrected chi connectivity index (χ0v) is 10.8. The summed E-state index contributed by atoms with van der Waals surface area (Å²) in [6.07, 6.45) is 0. The van der Waals surface area contributed by atoms with Crippen molar-refractivity contribution in [2.24, 2.45) is 5.73 Å². The lowest BCUT2D eigenvalue weighted by atomic mass is 10.0. The van der Waals surface area contributed by atoms with E-state index in [1.165, 1.54) is 0 Å². The highest BCUT2D eigenvalue weighted by atomic mass is 16.5. The average molecular weight is 238 g/mol. The molecule has 0 aliphatic carbocycles. The monoisotopic (exact) mass is 238 g/mol. The summed E-state index contributed by atoms with van der Waals surface area (Å²) in [6.45, 7) is 2.63. The maximum Gasteiger partial charge on any atom is 0.118 e. The molecule has 0 fully saturated rings. The largest absolute Gasteiger partial charge is 0.497 e. The smallest absolute Gasteiger partial charge is 0.118 e. The first-order chi connectivity index (χ1) is 8.13. The van der Waals surface area contributed by atoms with Crippen LogP contribution in [0.2, 0.25) is 0 Å². The molecule has 1 aromatic carbocycles. The molecule has 3 N–H and O–H groups in total. The van der Waals surface area contributed by atoms with Gasteiger partial charge >= 0.3 is 0 Å². The molecule has 1 aromatic rings. The highest BCUT2D eigenvalue weighted by Crippen LogP contribution is 2.22. The first kappa shape index (κ1) is 14.0. The summed E-state index contributed by atoms with van der Waals surface area (Å²) in [4.78, 5) is 2.09. The summed E-state index contributed by atoms with van der Waals surface area (Å²) in [5.74, 6) is 0.836. The molecule has 0 amide bonds. The van der Waals surface area contributed by atoms with E-state index in [4.69, 9.17) is 10.5 Å². The number of methoxy groups -OCH3 is 1. The minimum absolute atomic E-state index is 0.0886. The molecule has 0 aliphatic heterocycles. The molecule has 0 bridgehead atoms. The number of benzene rings is 1. The second kappa shape index (κ2) is 6.59. The summed E-state index contributed by atoms with van der Waals surface area (Å²) in [5.41, 5.74) is 6.95. The summed E-state index contributed by atoms with van der Waals surface area (Å²) in [7, 11) is 3.62. The molecule has 0 spiro atoms. The fourth-order valence-corrected chi connectivity index (χ4v) is 1.80. The van der Waals surface area contributed by atoms with E-state index in [1.807, 2.05) is 38.2 Å². The lowest BCUT2D eigenvalue weighted by molar-refractivity contribution is 0.122. The number of aliphatic hydroxyl groups excluding tert-OH is 1. The molecule has 0 radical (unpaired) electrons. The molecule has 0 heterocycles. The molecule has 0 aliphatic rings. The third-order valence-electron chi connectivity index (χ3n) is 3.17. The molecule has 4 nitrogen and oxygen atoms in total. The van der Waals surface area contributed by atoms with E-state index in [0.29, 0.717) is 6.54 Å². The maximum atomic E-state index is 9.18. The van der Waals surface area contributed by atoms with Gasteiger partial charge in [-0.3, -0.25) is 4.90 Å².